The molecule has 1 atom stereocenters. The number of hydrogen-bond acceptors (Lipinski definition) is 3. The van der Waals surface area contributed by atoms with E-state index in [4.69, 9.17) is 4.42 Å². The smallest absolute Gasteiger partial charge is 0.255 e. The summed E-state index contributed by atoms with van der Waals surface area (Å²) in [5, 5.41) is 9.85. The van der Waals surface area contributed by atoms with Crippen LogP contribution in [0.25, 0.3) is 11.3 Å². The molecule has 1 unspecified atom stereocenters. The number of carbonyl (C=O) groups excluding carboxylic acids is 1. The molecule has 2 N–H and O–H groups in total. The van der Waals surface area contributed by atoms with Crippen molar-refractivity contribution in [2.45, 2.75) is 25.3 Å². The Bertz CT molecular complexity index is 867. The number of aromatic amines is 1. The maximum Gasteiger partial charge on any atom is 0.255 e. The highest BCUT2D eigenvalue weighted by atomic mass is 19.1. The van der Waals surface area contributed by atoms with Crippen LogP contribution in [0, 0.1) is 5.82 Å². The van der Waals surface area contributed by atoms with Gasteiger partial charge in [0.25, 0.3) is 5.91 Å². The summed E-state index contributed by atoms with van der Waals surface area (Å²) in [6.45, 7) is 0. The zero-order valence-corrected chi connectivity index (χ0v) is 12.9. The summed E-state index contributed by atoms with van der Waals surface area (Å²) in [5.74, 6) is 0.415. The van der Waals surface area contributed by atoms with Crippen LogP contribution in [0.2, 0.25) is 0 Å². The van der Waals surface area contributed by atoms with Gasteiger partial charge in [0.05, 0.1) is 29.8 Å². The Morgan fingerprint density at radius 3 is 2.96 bits per heavy atom. The number of carbonyl (C=O) groups is 1. The van der Waals surface area contributed by atoms with Gasteiger partial charge in [0.2, 0.25) is 0 Å². The summed E-state index contributed by atoms with van der Waals surface area (Å²) < 4.78 is 18.5. The molecule has 2 aromatic heterocycles. The number of fused-ring (bicyclic) bond motifs is 1. The standard InChI is InChI=1S/C18H16FN3O2/c19-12-6-4-11(5-7-12)17-14(10-20-22-17)18(23)21-15-2-1-3-16-13(15)8-9-24-16/h4-10,15H,1-3H2,(H,20,22)(H,21,23). The molecule has 0 bridgehead atoms. The highest BCUT2D eigenvalue weighted by Gasteiger charge is 2.25. The molecule has 3 aromatic rings. The molecule has 0 saturated carbocycles. The average molecular weight is 325 g/mol. The largest absolute Gasteiger partial charge is 0.469 e. The van der Waals surface area contributed by atoms with Crippen molar-refractivity contribution >= 4 is 5.91 Å². The summed E-state index contributed by atoms with van der Waals surface area (Å²) in [7, 11) is 0. The zero-order chi connectivity index (χ0) is 16.5. The summed E-state index contributed by atoms with van der Waals surface area (Å²) in [5.41, 5.74) is 2.78. The lowest BCUT2D eigenvalue weighted by atomic mass is 9.93. The summed E-state index contributed by atoms with van der Waals surface area (Å²) in [4.78, 5) is 12.7. The first kappa shape index (κ1) is 14.7. The normalized spacial score (nSPS) is 16.6. The lowest BCUT2D eigenvalue weighted by Crippen LogP contribution is -2.30. The molecule has 0 radical (unpaired) electrons. The minimum Gasteiger partial charge on any atom is -0.469 e. The molecule has 1 aliphatic rings. The zero-order valence-electron chi connectivity index (χ0n) is 12.9. The van der Waals surface area contributed by atoms with Gasteiger partial charge in [-0.1, -0.05) is 0 Å². The molecule has 6 heteroatoms. The van der Waals surface area contributed by atoms with Crippen LogP contribution >= 0.6 is 0 Å². The molecular formula is C18H16FN3O2. The fourth-order valence-electron chi connectivity index (χ4n) is 3.17. The van der Waals surface area contributed by atoms with E-state index in [1.807, 2.05) is 6.07 Å². The Kier molecular flexibility index (Phi) is 3.65. The number of benzene rings is 1. The van der Waals surface area contributed by atoms with Gasteiger partial charge >= 0.3 is 0 Å². The van der Waals surface area contributed by atoms with E-state index in [1.165, 1.54) is 18.3 Å². The van der Waals surface area contributed by atoms with E-state index in [0.717, 1.165) is 30.6 Å². The number of furan rings is 1. The number of aryl methyl sites for hydroxylation is 1. The van der Waals surface area contributed by atoms with Gasteiger partial charge in [-0.05, 0) is 43.2 Å². The Morgan fingerprint density at radius 2 is 2.12 bits per heavy atom. The summed E-state index contributed by atoms with van der Waals surface area (Å²) in [6, 6.07) is 7.81. The predicted molar refractivity (Wildman–Crippen MR) is 85.8 cm³/mol. The lowest BCUT2D eigenvalue weighted by Gasteiger charge is -2.22. The second-order valence-corrected chi connectivity index (χ2v) is 5.88. The molecule has 1 amide bonds. The Hall–Kier alpha value is -2.89. The van der Waals surface area contributed by atoms with E-state index in [1.54, 1.807) is 18.4 Å². The minimum absolute atomic E-state index is 0.0593. The molecule has 0 saturated heterocycles. The highest BCUT2D eigenvalue weighted by molar-refractivity contribution is 5.99. The molecule has 2 heterocycles. The molecule has 0 spiro atoms. The van der Waals surface area contributed by atoms with Crippen molar-refractivity contribution in [1.82, 2.24) is 15.5 Å². The molecule has 0 fully saturated rings. The number of amides is 1. The van der Waals surface area contributed by atoms with E-state index in [0.29, 0.717) is 16.8 Å². The number of rotatable bonds is 3. The number of halogens is 1. The van der Waals surface area contributed by atoms with Crippen molar-refractivity contribution < 1.29 is 13.6 Å². The van der Waals surface area contributed by atoms with Gasteiger partial charge in [0, 0.05) is 17.5 Å². The van der Waals surface area contributed by atoms with Gasteiger partial charge < -0.3 is 9.73 Å². The lowest BCUT2D eigenvalue weighted by molar-refractivity contribution is 0.0933. The van der Waals surface area contributed by atoms with Crippen molar-refractivity contribution in [3.63, 3.8) is 0 Å². The van der Waals surface area contributed by atoms with E-state index < -0.39 is 0 Å². The third kappa shape index (κ3) is 2.60. The van der Waals surface area contributed by atoms with Gasteiger partial charge in [0.15, 0.2) is 0 Å². The van der Waals surface area contributed by atoms with E-state index in [-0.39, 0.29) is 17.8 Å². The van der Waals surface area contributed by atoms with Gasteiger partial charge in [-0.3, -0.25) is 9.89 Å². The van der Waals surface area contributed by atoms with Crippen molar-refractivity contribution in [2.75, 3.05) is 0 Å². The van der Waals surface area contributed by atoms with Crippen LogP contribution in [0.1, 0.15) is 40.6 Å². The fraction of sp³-hybridized carbons (Fsp3) is 0.222. The molecule has 1 aromatic carbocycles. The van der Waals surface area contributed by atoms with Crippen molar-refractivity contribution in [1.29, 1.82) is 0 Å². The van der Waals surface area contributed by atoms with Crippen LogP contribution in [-0.4, -0.2) is 16.1 Å². The average Bonchev–Trinajstić information content (AvgIpc) is 3.25. The second kappa shape index (κ2) is 5.96. The van der Waals surface area contributed by atoms with Gasteiger partial charge in [-0.2, -0.15) is 5.10 Å². The van der Waals surface area contributed by atoms with Gasteiger partial charge in [-0.25, -0.2) is 4.39 Å². The van der Waals surface area contributed by atoms with E-state index in [9.17, 15) is 9.18 Å². The van der Waals surface area contributed by atoms with E-state index in [2.05, 4.69) is 15.5 Å². The van der Waals surface area contributed by atoms with E-state index >= 15 is 0 Å². The Morgan fingerprint density at radius 1 is 1.29 bits per heavy atom. The van der Waals surface area contributed by atoms with Crippen LogP contribution in [0.3, 0.4) is 0 Å². The van der Waals surface area contributed by atoms with Crippen LogP contribution < -0.4 is 5.32 Å². The molecular weight excluding hydrogens is 309 g/mol. The first-order valence-corrected chi connectivity index (χ1v) is 7.89. The molecule has 5 nitrogen and oxygen atoms in total. The Labute approximate surface area is 137 Å². The van der Waals surface area contributed by atoms with Gasteiger partial charge in [-0.15, -0.1) is 0 Å². The van der Waals surface area contributed by atoms with Crippen molar-refractivity contribution in [3.05, 3.63) is 65.5 Å². The third-order valence-electron chi connectivity index (χ3n) is 4.37. The fourth-order valence-corrected chi connectivity index (χ4v) is 3.17. The summed E-state index contributed by atoms with van der Waals surface area (Å²) >= 11 is 0. The molecule has 0 aliphatic heterocycles. The van der Waals surface area contributed by atoms with Crippen molar-refractivity contribution in [3.8, 4) is 11.3 Å². The maximum absolute atomic E-state index is 13.1. The number of nitrogens with zero attached hydrogens (tertiary/aromatic N) is 1. The predicted octanol–water partition coefficient (Wildman–Crippen LogP) is 3.62. The SMILES string of the molecule is O=C(NC1CCCc2occc21)c1cn[nH]c1-c1ccc(F)cc1. The molecule has 1 aliphatic carbocycles. The number of aromatic nitrogens is 2. The molecule has 24 heavy (non-hydrogen) atoms. The topological polar surface area (TPSA) is 70.9 Å². The van der Waals surface area contributed by atoms with Crippen LogP contribution in [0.15, 0.2) is 47.2 Å². The number of nitrogens with one attached hydrogen (secondary N) is 2. The minimum atomic E-state index is -0.320. The maximum atomic E-state index is 13.1. The molecule has 122 valence electrons. The summed E-state index contributed by atoms with van der Waals surface area (Å²) in [6.07, 6.45) is 5.91. The highest BCUT2D eigenvalue weighted by Crippen LogP contribution is 2.31. The Balaban J connectivity index is 1.59. The quantitative estimate of drug-likeness (QED) is 0.772. The molecule has 4 rings (SSSR count). The van der Waals surface area contributed by atoms with Crippen LogP contribution in [-0.2, 0) is 6.42 Å². The second-order valence-electron chi connectivity index (χ2n) is 5.88. The first-order chi connectivity index (χ1) is 11.7. The van der Waals surface area contributed by atoms with Crippen LogP contribution in [0.5, 0.6) is 0 Å². The monoisotopic (exact) mass is 325 g/mol. The van der Waals surface area contributed by atoms with Gasteiger partial charge in [0.1, 0.15) is 11.6 Å². The number of hydrogen-bond donors (Lipinski definition) is 2. The first-order valence-electron chi connectivity index (χ1n) is 7.89. The van der Waals surface area contributed by atoms with Crippen molar-refractivity contribution in [2.24, 2.45) is 0 Å². The van der Waals surface area contributed by atoms with Crippen LogP contribution in [0.4, 0.5) is 4.39 Å². The third-order valence-corrected chi connectivity index (χ3v) is 4.37. The number of H-pyrrole nitrogens is 1.